The van der Waals surface area contributed by atoms with Gasteiger partial charge in [-0.25, -0.2) is 0 Å². The molecule has 0 aromatic carbocycles. The van der Waals surface area contributed by atoms with Gasteiger partial charge >= 0.3 is 0 Å². The van der Waals surface area contributed by atoms with E-state index in [1.807, 2.05) is 0 Å². The van der Waals surface area contributed by atoms with Crippen LogP contribution < -0.4 is 0 Å². The molecular formula is C5H7ClOS2. The monoisotopic (exact) mass is 182 g/mol. The Balaban J connectivity index is 3.26. The molecule has 0 aromatic heterocycles. The van der Waals surface area contributed by atoms with Crippen molar-refractivity contribution in [3.05, 3.63) is 11.5 Å². The molecule has 4 heteroatoms. The number of allylic oxidation sites excluding steroid dienone is 1. The molecule has 0 fully saturated rings. The van der Waals surface area contributed by atoms with Crippen molar-refractivity contribution < 1.29 is 4.79 Å². The van der Waals surface area contributed by atoms with Crippen LogP contribution in [0.4, 0.5) is 4.79 Å². The van der Waals surface area contributed by atoms with Crippen LogP contribution in [0.15, 0.2) is 11.5 Å². The van der Waals surface area contributed by atoms with E-state index in [0.29, 0.717) is 5.88 Å². The normalized spacial score (nSPS) is 10.4. The summed E-state index contributed by atoms with van der Waals surface area (Å²) in [6.45, 7) is 0. The minimum atomic E-state index is 0.0939. The molecule has 0 amide bonds. The lowest BCUT2D eigenvalue weighted by atomic mass is 10.8. The fourth-order valence-corrected chi connectivity index (χ4v) is 1.24. The van der Waals surface area contributed by atoms with Crippen LogP contribution in [0.2, 0.25) is 0 Å². The molecule has 0 heterocycles. The second-order valence-corrected chi connectivity index (χ2v) is 3.32. The molecule has 0 N–H and O–H groups in total. The first kappa shape index (κ1) is 9.40. The van der Waals surface area contributed by atoms with E-state index in [4.69, 9.17) is 11.6 Å². The van der Waals surface area contributed by atoms with Crippen molar-refractivity contribution in [1.82, 2.24) is 0 Å². The highest BCUT2D eigenvalue weighted by Gasteiger charge is 1.92. The number of halogens is 1. The molecule has 0 saturated heterocycles. The average Bonchev–Trinajstić information content (AvgIpc) is 1.89. The summed E-state index contributed by atoms with van der Waals surface area (Å²) in [6, 6.07) is 0. The Bertz CT molecular complexity index is 114. The number of hydrogen-bond acceptors (Lipinski definition) is 3. The third-order valence-corrected chi connectivity index (χ3v) is 2.34. The van der Waals surface area contributed by atoms with Gasteiger partial charge in [0.05, 0.1) is 0 Å². The molecule has 0 aliphatic heterocycles. The zero-order chi connectivity index (χ0) is 7.11. The smallest absolute Gasteiger partial charge is 0.249 e. The topological polar surface area (TPSA) is 17.1 Å². The molecule has 0 saturated carbocycles. The maximum absolute atomic E-state index is 10.5. The molecule has 0 atom stereocenters. The van der Waals surface area contributed by atoms with Gasteiger partial charge in [0.25, 0.3) is 0 Å². The molecule has 0 bridgehead atoms. The number of hydrogen-bond donors (Lipinski definition) is 0. The third kappa shape index (κ3) is 6.28. The molecule has 0 aromatic rings. The van der Waals surface area contributed by atoms with Crippen molar-refractivity contribution in [1.29, 1.82) is 0 Å². The minimum absolute atomic E-state index is 0.0939. The van der Waals surface area contributed by atoms with Crippen molar-refractivity contribution in [2.24, 2.45) is 0 Å². The summed E-state index contributed by atoms with van der Waals surface area (Å²) >= 11 is 7.67. The second kappa shape index (κ2) is 6.52. The van der Waals surface area contributed by atoms with E-state index in [1.54, 1.807) is 17.7 Å². The Hall–Kier alpha value is 0.400. The van der Waals surface area contributed by atoms with E-state index in [9.17, 15) is 4.79 Å². The Morgan fingerprint density at radius 2 is 2.44 bits per heavy atom. The molecule has 0 aliphatic rings. The molecule has 0 aliphatic carbocycles. The number of alkyl halides is 1. The first-order chi connectivity index (χ1) is 4.31. The van der Waals surface area contributed by atoms with Crippen LogP contribution in [0.1, 0.15) is 0 Å². The van der Waals surface area contributed by atoms with Crippen molar-refractivity contribution in [3.63, 3.8) is 0 Å². The molecule has 0 rings (SSSR count). The lowest BCUT2D eigenvalue weighted by Crippen LogP contribution is -1.71. The number of rotatable bonds is 2. The number of carbonyl (C=O) groups is 1. The van der Waals surface area contributed by atoms with Crippen molar-refractivity contribution in [3.8, 4) is 0 Å². The van der Waals surface area contributed by atoms with E-state index < -0.39 is 0 Å². The lowest BCUT2D eigenvalue weighted by Gasteiger charge is -1.84. The first-order valence-electron chi connectivity index (χ1n) is 2.27. The number of thioether (sulfide) groups is 2. The molecular weight excluding hydrogens is 176 g/mol. The average molecular weight is 183 g/mol. The van der Waals surface area contributed by atoms with Crippen LogP contribution in [-0.2, 0) is 0 Å². The predicted octanol–water partition coefficient (Wildman–Crippen LogP) is 2.96. The van der Waals surface area contributed by atoms with E-state index >= 15 is 0 Å². The van der Waals surface area contributed by atoms with Gasteiger partial charge in [-0.15, -0.1) is 11.6 Å². The van der Waals surface area contributed by atoms with Gasteiger partial charge in [0.2, 0.25) is 4.45 Å². The Morgan fingerprint density at radius 3 is 2.89 bits per heavy atom. The van der Waals surface area contributed by atoms with Gasteiger partial charge < -0.3 is 0 Å². The molecule has 9 heavy (non-hydrogen) atoms. The van der Waals surface area contributed by atoms with E-state index in [1.165, 1.54) is 11.8 Å². The maximum Gasteiger partial charge on any atom is 0.249 e. The minimum Gasteiger partial charge on any atom is -0.274 e. The van der Waals surface area contributed by atoms with Crippen molar-refractivity contribution in [2.75, 3.05) is 12.1 Å². The van der Waals surface area contributed by atoms with Crippen LogP contribution in [0.3, 0.4) is 0 Å². The highest BCUT2D eigenvalue weighted by atomic mass is 35.5. The molecule has 52 valence electrons. The molecule has 1 nitrogen and oxygen atoms in total. The lowest BCUT2D eigenvalue weighted by molar-refractivity contribution is 0.277. The van der Waals surface area contributed by atoms with Crippen molar-refractivity contribution >= 4 is 39.6 Å². The van der Waals surface area contributed by atoms with E-state index in [0.717, 1.165) is 11.8 Å². The molecule has 0 spiro atoms. The zero-order valence-corrected chi connectivity index (χ0v) is 7.35. The summed E-state index contributed by atoms with van der Waals surface area (Å²) in [4.78, 5) is 10.5. The van der Waals surface area contributed by atoms with Gasteiger partial charge in [-0.2, -0.15) is 0 Å². The van der Waals surface area contributed by atoms with Gasteiger partial charge in [0.15, 0.2) is 0 Å². The zero-order valence-electron chi connectivity index (χ0n) is 4.96. The van der Waals surface area contributed by atoms with Crippen LogP contribution in [0.25, 0.3) is 0 Å². The highest BCUT2D eigenvalue weighted by molar-refractivity contribution is 8.39. The number of carbonyl (C=O) groups excluding carboxylic acids is 1. The predicted molar refractivity (Wildman–Crippen MR) is 46.4 cm³/mol. The summed E-state index contributed by atoms with van der Waals surface area (Å²) in [7, 11) is 0. The summed E-state index contributed by atoms with van der Waals surface area (Å²) in [5, 5.41) is 1.70. The van der Waals surface area contributed by atoms with Crippen molar-refractivity contribution in [2.45, 2.75) is 0 Å². The standard InChI is InChI=1S/C5H7ClOS2/c1-8-5(7)9-4-2-3-6/h2,4H,3H2,1H3/b4-2+. The van der Waals surface area contributed by atoms with Crippen LogP contribution in [0, 0.1) is 0 Å². The van der Waals surface area contributed by atoms with E-state index in [2.05, 4.69) is 0 Å². The summed E-state index contributed by atoms with van der Waals surface area (Å²) in [6.07, 6.45) is 3.49. The third-order valence-electron chi connectivity index (χ3n) is 0.516. The fraction of sp³-hybridized carbons (Fsp3) is 0.400. The highest BCUT2D eigenvalue weighted by Crippen LogP contribution is 2.14. The molecule has 0 unspecified atom stereocenters. The van der Waals surface area contributed by atoms with Gasteiger partial charge in [-0.05, 0) is 23.4 Å². The largest absolute Gasteiger partial charge is 0.274 e. The second-order valence-electron chi connectivity index (χ2n) is 1.10. The Labute approximate surface area is 68.2 Å². The van der Waals surface area contributed by atoms with Gasteiger partial charge in [0, 0.05) is 5.88 Å². The van der Waals surface area contributed by atoms with Gasteiger partial charge in [-0.1, -0.05) is 17.8 Å². The first-order valence-corrected chi connectivity index (χ1v) is 4.90. The van der Waals surface area contributed by atoms with Gasteiger partial charge in [0.1, 0.15) is 0 Å². The summed E-state index contributed by atoms with van der Waals surface area (Å²) in [5.41, 5.74) is 0. The van der Waals surface area contributed by atoms with Crippen LogP contribution >= 0.6 is 35.1 Å². The molecule has 0 radical (unpaired) electrons. The fourth-order valence-electron chi connectivity index (χ4n) is 0.188. The summed E-state index contributed by atoms with van der Waals surface area (Å²) in [5.74, 6) is 0.467. The Kier molecular flexibility index (Phi) is 6.81. The Morgan fingerprint density at radius 1 is 1.78 bits per heavy atom. The maximum atomic E-state index is 10.5. The SMILES string of the molecule is CSC(=O)S/C=C/CCl. The van der Waals surface area contributed by atoms with Gasteiger partial charge in [-0.3, -0.25) is 4.79 Å². The van der Waals surface area contributed by atoms with Crippen LogP contribution in [0.5, 0.6) is 0 Å². The van der Waals surface area contributed by atoms with E-state index in [-0.39, 0.29) is 4.45 Å². The summed E-state index contributed by atoms with van der Waals surface area (Å²) < 4.78 is 0.0939. The quantitative estimate of drug-likeness (QED) is 0.612. The van der Waals surface area contributed by atoms with Crippen LogP contribution in [-0.4, -0.2) is 16.6 Å².